The molecule has 1 heterocycles. The molecule has 0 aliphatic heterocycles. The number of hydrogen-bond acceptors (Lipinski definition) is 4. The molecule has 0 atom stereocenters. The maximum atomic E-state index is 11.1. The van der Waals surface area contributed by atoms with E-state index in [2.05, 4.69) is 4.98 Å². The van der Waals surface area contributed by atoms with Crippen LogP contribution in [0.1, 0.15) is 23.0 Å². The number of carbonyl (C=O) groups excluding carboxylic acids is 1. The van der Waals surface area contributed by atoms with Gasteiger partial charge in [0.25, 0.3) is 0 Å². The van der Waals surface area contributed by atoms with Crippen molar-refractivity contribution < 1.29 is 14.3 Å². The minimum atomic E-state index is -0.110. The molecule has 1 rings (SSSR count). The monoisotopic (exact) mass is 195 g/mol. The third-order valence-corrected chi connectivity index (χ3v) is 1.95. The molecular weight excluding hydrogens is 182 g/mol. The Bertz CT molecular complexity index is 335. The average Bonchev–Trinajstić information content (AvgIpc) is 2.17. The van der Waals surface area contributed by atoms with Crippen molar-refractivity contribution in [1.29, 1.82) is 0 Å². The Morgan fingerprint density at radius 2 is 2.00 bits per heavy atom. The number of aromatic nitrogens is 1. The Morgan fingerprint density at radius 1 is 1.36 bits per heavy atom. The van der Waals surface area contributed by atoms with Crippen LogP contribution in [0.3, 0.4) is 0 Å². The van der Waals surface area contributed by atoms with Gasteiger partial charge in [-0.25, -0.2) is 4.98 Å². The van der Waals surface area contributed by atoms with Crippen LogP contribution in [-0.2, 0) is 0 Å². The maximum Gasteiger partial charge on any atom is 0.220 e. The van der Waals surface area contributed by atoms with Crippen LogP contribution in [0.25, 0.3) is 0 Å². The predicted octanol–water partition coefficient (Wildman–Crippen LogP) is 1.61. The third kappa shape index (κ3) is 1.84. The number of Topliss-reactive ketones (excluding diaryl/α,β-unsaturated/α-hetero) is 1. The second kappa shape index (κ2) is 4.09. The highest BCUT2D eigenvalue weighted by atomic mass is 16.5. The molecule has 4 nitrogen and oxygen atoms in total. The van der Waals surface area contributed by atoms with Crippen LogP contribution in [-0.4, -0.2) is 25.0 Å². The molecular formula is C10H13NO3. The fraction of sp³-hybridized carbons (Fsp3) is 0.400. The lowest BCUT2D eigenvalue weighted by atomic mass is 10.2. The molecule has 0 radical (unpaired) electrons. The minimum Gasteiger partial charge on any atom is -0.496 e. The van der Waals surface area contributed by atoms with Crippen LogP contribution in [0.5, 0.6) is 11.6 Å². The van der Waals surface area contributed by atoms with E-state index in [1.165, 1.54) is 14.0 Å². The quantitative estimate of drug-likeness (QED) is 0.687. The molecule has 0 spiro atoms. The van der Waals surface area contributed by atoms with Crippen molar-refractivity contribution in [2.75, 3.05) is 14.2 Å². The lowest BCUT2D eigenvalue weighted by Crippen LogP contribution is -2.02. The summed E-state index contributed by atoms with van der Waals surface area (Å²) in [6.07, 6.45) is 0. The lowest BCUT2D eigenvalue weighted by molar-refractivity contribution is 0.101. The number of rotatable bonds is 3. The molecule has 0 N–H and O–H groups in total. The van der Waals surface area contributed by atoms with Crippen molar-refractivity contribution in [1.82, 2.24) is 4.98 Å². The van der Waals surface area contributed by atoms with Gasteiger partial charge in [0.15, 0.2) is 5.78 Å². The van der Waals surface area contributed by atoms with E-state index in [0.717, 1.165) is 5.56 Å². The molecule has 0 amide bonds. The molecule has 0 bridgehead atoms. The topological polar surface area (TPSA) is 48.4 Å². The number of methoxy groups -OCH3 is 2. The Morgan fingerprint density at radius 3 is 2.43 bits per heavy atom. The fourth-order valence-corrected chi connectivity index (χ4v) is 1.15. The predicted molar refractivity (Wildman–Crippen MR) is 52.1 cm³/mol. The van der Waals surface area contributed by atoms with Crippen LogP contribution in [0.15, 0.2) is 6.07 Å². The largest absolute Gasteiger partial charge is 0.496 e. The highest BCUT2D eigenvalue weighted by molar-refractivity contribution is 5.92. The van der Waals surface area contributed by atoms with Crippen molar-refractivity contribution in [2.24, 2.45) is 0 Å². The molecule has 0 unspecified atom stereocenters. The van der Waals surface area contributed by atoms with E-state index < -0.39 is 0 Å². The molecule has 0 aliphatic rings. The minimum absolute atomic E-state index is 0.110. The van der Waals surface area contributed by atoms with E-state index >= 15 is 0 Å². The van der Waals surface area contributed by atoms with E-state index in [1.807, 2.05) is 6.92 Å². The summed E-state index contributed by atoms with van der Waals surface area (Å²) >= 11 is 0. The van der Waals surface area contributed by atoms with Gasteiger partial charge in [0.1, 0.15) is 11.4 Å². The van der Waals surface area contributed by atoms with Crippen LogP contribution in [0.2, 0.25) is 0 Å². The number of pyridine rings is 1. The number of ketones is 1. The summed E-state index contributed by atoms with van der Waals surface area (Å²) in [7, 11) is 3.06. The third-order valence-electron chi connectivity index (χ3n) is 1.95. The Labute approximate surface area is 82.9 Å². The molecule has 0 aromatic carbocycles. The molecule has 4 heteroatoms. The second-order valence-corrected chi connectivity index (χ2v) is 2.90. The SMILES string of the molecule is COc1cc(C(C)=O)nc(OC)c1C. The van der Waals surface area contributed by atoms with Crippen LogP contribution >= 0.6 is 0 Å². The Hall–Kier alpha value is -1.58. The second-order valence-electron chi connectivity index (χ2n) is 2.90. The normalized spacial score (nSPS) is 9.71. The number of nitrogens with zero attached hydrogens (tertiary/aromatic N) is 1. The summed E-state index contributed by atoms with van der Waals surface area (Å²) in [4.78, 5) is 15.2. The summed E-state index contributed by atoms with van der Waals surface area (Å²) in [5, 5.41) is 0. The van der Waals surface area contributed by atoms with Crippen LogP contribution in [0.4, 0.5) is 0 Å². The molecule has 0 aliphatic carbocycles. The highest BCUT2D eigenvalue weighted by Crippen LogP contribution is 2.26. The zero-order valence-corrected chi connectivity index (χ0v) is 8.75. The molecule has 1 aromatic heterocycles. The van der Waals surface area contributed by atoms with Gasteiger partial charge < -0.3 is 9.47 Å². The average molecular weight is 195 g/mol. The van der Waals surface area contributed by atoms with Crippen molar-refractivity contribution in [2.45, 2.75) is 13.8 Å². The van der Waals surface area contributed by atoms with E-state index in [-0.39, 0.29) is 5.78 Å². The first-order valence-electron chi connectivity index (χ1n) is 4.20. The maximum absolute atomic E-state index is 11.1. The molecule has 1 aromatic rings. The van der Waals surface area contributed by atoms with E-state index in [4.69, 9.17) is 9.47 Å². The lowest BCUT2D eigenvalue weighted by Gasteiger charge is -2.09. The van der Waals surface area contributed by atoms with Crippen LogP contribution in [0, 0.1) is 6.92 Å². The first-order chi connectivity index (χ1) is 6.60. The molecule has 0 fully saturated rings. The van der Waals surface area contributed by atoms with Crippen molar-refractivity contribution in [3.8, 4) is 11.6 Å². The molecule has 76 valence electrons. The van der Waals surface area contributed by atoms with E-state index in [9.17, 15) is 4.79 Å². The summed E-state index contributed by atoms with van der Waals surface area (Å²) in [6.45, 7) is 3.28. The first-order valence-corrected chi connectivity index (χ1v) is 4.20. The van der Waals surface area contributed by atoms with Crippen LogP contribution < -0.4 is 9.47 Å². The van der Waals surface area contributed by atoms with Gasteiger partial charge in [-0.2, -0.15) is 0 Å². The first kappa shape index (κ1) is 10.5. The van der Waals surface area contributed by atoms with Gasteiger partial charge >= 0.3 is 0 Å². The van der Waals surface area contributed by atoms with Gasteiger partial charge in [-0.15, -0.1) is 0 Å². The van der Waals surface area contributed by atoms with Crippen molar-refractivity contribution >= 4 is 5.78 Å². The van der Waals surface area contributed by atoms with Crippen molar-refractivity contribution in [3.63, 3.8) is 0 Å². The van der Waals surface area contributed by atoms with Gasteiger partial charge in [-0.1, -0.05) is 0 Å². The van der Waals surface area contributed by atoms with Crippen molar-refractivity contribution in [3.05, 3.63) is 17.3 Å². The zero-order valence-electron chi connectivity index (χ0n) is 8.75. The molecule has 0 saturated heterocycles. The summed E-state index contributed by atoms with van der Waals surface area (Å²) < 4.78 is 10.1. The number of ether oxygens (including phenoxy) is 2. The van der Waals surface area contributed by atoms with Gasteiger partial charge in [-0.05, 0) is 6.92 Å². The number of hydrogen-bond donors (Lipinski definition) is 0. The fourth-order valence-electron chi connectivity index (χ4n) is 1.15. The Kier molecular flexibility index (Phi) is 3.06. The van der Waals surface area contributed by atoms with Gasteiger partial charge in [0.2, 0.25) is 5.88 Å². The zero-order chi connectivity index (χ0) is 10.7. The smallest absolute Gasteiger partial charge is 0.220 e. The highest BCUT2D eigenvalue weighted by Gasteiger charge is 2.12. The summed E-state index contributed by atoms with van der Waals surface area (Å²) in [6, 6.07) is 1.61. The van der Waals surface area contributed by atoms with E-state index in [1.54, 1.807) is 13.2 Å². The molecule has 0 saturated carbocycles. The van der Waals surface area contributed by atoms with E-state index in [0.29, 0.717) is 17.3 Å². The summed E-state index contributed by atoms with van der Waals surface area (Å²) in [5.41, 5.74) is 1.14. The summed E-state index contributed by atoms with van der Waals surface area (Å²) in [5.74, 6) is 0.929. The number of carbonyl (C=O) groups is 1. The van der Waals surface area contributed by atoms with Gasteiger partial charge in [0, 0.05) is 13.0 Å². The van der Waals surface area contributed by atoms with Gasteiger partial charge in [0.05, 0.1) is 19.8 Å². The van der Waals surface area contributed by atoms with Gasteiger partial charge in [-0.3, -0.25) is 4.79 Å². The molecule has 14 heavy (non-hydrogen) atoms. The Balaban J connectivity index is 3.32. The standard InChI is InChI=1S/C10H13NO3/c1-6-9(13-3)5-8(7(2)12)11-10(6)14-4/h5H,1-4H3.